The molecular formula is C25H35N3O3. The van der Waals surface area contributed by atoms with Crippen molar-refractivity contribution < 1.29 is 14.2 Å². The number of fused-ring (bicyclic) bond motifs is 5. The average molecular weight is 426 g/mol. The summed E-state index contributed by atoms with van der Waals surface area (Å²) in [6.45, 7) is 5.59. The zero-order valence-electron chi connectivity index (χ0n) is 18.9. The number of Topliss-reactive ketones (excluding diaryl/α,β-unsaturated/α-hetero) is 1. The fourth-order valence-corrected chi connectivity index (χ4v) is 7.26. The molecular weight excluding hydrogens is 390 g/mol. The first-order chi connectivity index (χ1) is 14.9. The van der Waals surface area contributed by atoms with Gasteiger partial charge in [0.15, 0.2) is 5.76 Å². The summed E-state index contributed by atoms with van der Waals surface area (Å²) in [5, 5.41) is 8.43. The van der Waals surface area contributed by atoms with Crippen molar-refractivity contribution in [1.29, 1.82) is 0 Å². The minimum atomic E-state index is -0.0391. The molecule has 31 heavy (non-hydrogen) atoms. The van der Waals surface area contributed by atoms with Gasteiger partial charge in [-0.15, -0.1) is 0 Å². The van der Waals surface area contributed by atoms with E-state index in [1.54, 1.807) is 5.57 Å². The fourth-order valence-electron chi connectivity index (χ4n) is 7.26. The predicted octanol–water partition coefficient (Wildman–Crippen LogP) is 4.58. The summed E-state index contributed by atoms with van der Waals surface area (Å²) in [4.78, 5) is 18.2. The molecule has 0 aliphatic heterocycles. The lowest BCUT2D eigenvalue weighted by molar-refractivity contribution is -0.132. The van der Waals surface area contributed by atoms with E-state index in [9.17, 15) is 4.79 Å². The van der Waals surface area contributed by atoms with E-state index in [0.717, 1.165) is 49.9 Å². The molecule has 3 saturated carbocycles. The van der Waals surface area contributed by atoms with Gasteiger partial charge < -0.3 is 15.1 Å². The number of hydrogen-bond acceptors (Lipinski definition) is 6. The number of allylic oxidation sites excluding steroid dienone is 2. The third-order valence-corrected chi connectivity index (χ3v) is 9.13. The Balaban J connectivity index is 1.24. The van der Waals surface area contributed by atoms with Crippen LogP contribution in [0.2, 0.25) is 0 Å². The smallest absolute Gasteiger partial charge is 0.150 e. The number of oxime groups is 1. The molecule has 0 aromatic carbocycles. The number of carbonyl (C=O) groups excluding carboxylic acids is 1. The highest BCUT2D eigenvalue weighted by Gasteiger charge is 2.58. The molecule has 2 N–H and O–H groups in total. The summed E-state index contributed by atoms with van der Waals surface area (Å²) < 4.78 is 5.12. The van der Waals surface area contributed by atoms with Crippen LogP contribution in [0, 0.1) is 28.6 Å². The van der Waals surface area contributed by atoms with E-state index in [1.165, 1.54) is 12.8 Å². The summed E-state index contributed by atoms with van der Waals surface area (Å²) in [6.07, 6.45) is 11.6. The van der Waals surface area contributed by atoms with Crippen molar-refractivity contribution >= 4 is 11.5 Å². The molecule has 168 valence electrons. The molecule has 0 amide bonds. The molecule has 0 bridgehead atoms. The quantitative estimate of drug-likeness (QED) is 0.551. The van der Waals surface area contributed by atoms with Gasteiger partial charge in [-0.2, -0.15) is 0 Å². The fraction of sp³-hybridized carbons (Fsp3) is 0.720. The summed E-state index contributed by atoms with van der Waals surface area (Å²) in [5.41, 5.74) is 9.24. The van der Waals surface area contributed by atoms with Crippen LogP contribution in [0.1, 0.15) is 76.7 Å². The molecule has 6 nitrogen and oxygen atoms in total. The number of carbonyl (C=O) groups is 1. The maximum Gasteiger partial charge on any atom is 0.150 e. The van der Waals surface area contributed by atoms with Crippen molar-refractivity contribution in [2.45, 2.75) is 78.2 Å². The lowest BCUT2D eigenvalue weighted by atomic mass is 9.47. The van der Waals surface area contributed by atoms with Gasteiger partial charge in [-0.25, -0.2) is 0 Å². The second kappa shape index (κ2) is 7.88. The maximum atomic E-state index is 12.6. The first-order valence-corrected chi connectivity index (χ1v) is 12.0. The van der Waals surface area contributed by atoms with E-state index in [2.05, 4.69) is 30.2 Å². The molecule has 4 aliphatic carbocycles. The van der Waals surface area contributed by atoms with E-state index in [1.807, 2.05) is 6.07 Å². The third kappa shape index (κ3) is 3.47. The molecule has 6 heteroatoms. The minimum absolute atomic E-state index is 0.0391. The van der Waals surface area contributed by atoms with Crippen LogP contribution in [0.5, 0.6) is 0 Å². The average Bonchev–Trinajstić information content (AvgIpc) is 3.35. The van der Waals surface area contributed by atoms with Crippen LogP contribution in [-0.2, 0) is 22.6 Å². The molecule has 5 rings (SSSR count). The highest BCUT2D eigenvalue weighted by Crippen LogP contribution is 2.64. The van der Waals surface area contributed by atoms with Crippen LogP contribution in [0.25, 0.3) is 0 Å². The van der Waals surface area contributed by atoms with Crippen LogP contribution < -0.4 is 5.73 Å². The topological polar surface area (TPSA) is 90.7 Å². The summed E-state index contributed by atoms with van der Waals surface area (Å²) in [6, 6.07) is 1.87. The molecule has 5 unspecified atom stereocenters. The van der Waals surface area contributed by atoms with Gasteiger partial charge >= 0.3 is 0 Å². The Bertz CT molecular complexity index is 919. The van der Waals surface area contributed by atoms with Gasteiger partial charge in [0.2, 0.25) is 0 Å². The normalized spacial score (nSPS) is 38.4. The number of nitrogens with zero attached hydrogens (tertiary/aromatic N) is 2. The van der Waals surface area contributed by atoms with E-state index in [0.29, 0.717) is 48.9 Å². The minimum Gasteiger partial charge on any atom is -0.395 e. The van der Waals surface area contributed by atoms with Crippen LogP contribution in [-0.4, -0.2) is 23.3 Å². The molecule has 1 aromatic rings. The molecule has 1 heterocycles. The van der Waals surface area contributed by atoms with Gasteiger partial charge in [-0.3, -0.25) is 4.79 Å². The number of rotatable bonds is 5. The van der Waals surface area contributed by atoms with E-state index in [4.69, 9.17) is 15.1 Å². The van der Waals surface area contributed by atoms with Crippen molar-refractivity contribution in [3.8, 4) is 0 Å². The van der Waals surface area contributed by atoms with Crippen molar-refractivity contribution in [3.05, 3.63) is 29.2 Å². The van der Waals surface area contributed by atoms with Crippen LogP contribution in [0.3, 0.4) is 0 Å². The highest BCUT2D eigenvalue weighted by atomic mass is 16.6. The van der Waals surface area contributed by atoms with Crippen LogP contribution in [0.15, 0.2) is 27.4 Å². The lowest BCUT2D eigenvalue weighted by Gasteiger charge is -2.57. The predicted molar refractivity (Wildman–Crippen MR) is 118 cm³/mol. The van der Waals surface area contributed by atoms with Crippen LogP contribution in [0.4, 0.5) is 0 Å². The monoisotopic (exact) mass is 425 g/mol. The van der Waals surface area contributed by atoms with Crippen molar-refractivity contribution in [3.63, 3.8) is 0 Å². The van der Waals surface area contributed by atoms with Gasteiger partial charge in [0, 0.05) is 24.3 Å². The molecule has 5 atom stereocenters. The number of hydrogen-bond donors (Lipinski definition) is 1. The molecule has 0 saturated heterocycles. The highest BCUT2D eigenvalue weighted by molar-refractivity contribution is 5.96. The Morgan fingerprint density at radius 2 is 2.00 bits per heavy atom. The van der Waals surface area contributed by atoms with Gasteiger partial charge in [0.25, 0.3) is 0 Å². The number of aromatic nitrogens is 1. The van der Waals surface area contributed by atoms with Crippen molar-refractivity contribution in [1.82, 2.24) is 5.16 Å². The van der Waals surface area contributed by atoms with Gasteiger partial charge in [0.1, 0.15) is 12.4 Å². The summed E-state index contributed by atoms with van der Waals surface area (Å²) >= 11 is 0. The number of nitrogens with two attached hydrogens (primary N) is 1. The molecule has 4 aliphatic rings. The Labute approximate surface area is 184 Å². The maximum absolute atomic E-state index is 12.6. The molecule has 1 aromatic heterocycles. The summed E-state index contributed by atoms with van der Waals surface area (Å²) in [5.74, 6) is 3.25. The van der Waals surface area contributed by atoms with Crippen molar-refractivity contribution in [2.75, 3.05) is 6.61 Å². The third-order valence-electron chi connectivity index (χ3n) is 9.13. The van der Waals surface area contributed by atoms with Gasteiger partial charge in [-0.05, 0) is 74.2 Å². The molecule has 0 spiro atoms. The lowest BCUT2D eigenvalue weighted by Crippen LogP contribution is -2.50. The van der Waals surface area contributed by atoms with Crippen LogP contribution >= 0.6 is 0 Å². The van der Waals surface area contributed by atoms with Gasteiger partial charge in [0.05, 0.1) is 18.0 Å². The Morgan fingerprint density at radius 1 is 1.16 bits per heavy atom. The standard InChI is InChI=1S/C25H35N3O3/c1-24-10-7-17(27-30-12-9-18-14-19(15-26)31-28-18)13-16(24)3-4-20-21-5-6-23(29)25(21,2)11-8-22(20)24/h13-14,20-22H,3-12,15,26H2,1-2H3. The van der Waals surface area contributed by atoms with E-state index in [-0.39, 0.29) is 10.8 Å². The zero-order valence-corrected chi connectivity index (χ0v) is 18.9. The Morgan fingerprint density at radius 3 is 2.81 bits per heavy atom. The number of ketones is 1. The largest absolute Gasteiger partial charge is 0.395 e. The molecule has 0 radical (unpaired) electrons. The first-order valence-electron chi connectivity index (χ1n) is 12.0. The first kappa shape index (κ1) is 20.9. The Kier molecular flexibility index (Phi) is 5.32. The van der Waals surface area contributed by atoms with E-state index < -0.39 is 0 Å². The molecule has 3 fully saturated rings. The van der Waals surface area contributed by atoms with Gasteiger partial charge in [-0.1, -0.05) is 29.7 Å². The SMILES string of the molecule is CC12CCC3C(CCC4=CC(=NOCCc5cc(CN)on5)CCC43C)C1CCC2=O. The second-order valence-electron chi connectivity index (χ2n) is 10.6. The summed E-state index contributed by atoms with van der Waals surface area (Å²) in [7, 11) is 0. The second-order valence-corrected chi connectivity index (χ2v) is 10.6. The van der Waals surface area contributed by atoms with E-state index >= 15 is 0 Å². The zero-order chi connectivity index (χ0) is 21.6. The van der Waals surface area contributed by atoms with Crippen molar-refractivity contribution in [2.24, 2.45) is 39.5 Å². The Hall–Kier alpha value is -1.95.